The molecule has 1 atom stereocenters. The van der Waals surface area contributed by atoms with Crippen molar-refractivity contribution in [1.29, 1.82) is 0 Å². The van der Waals surface area contributed by atoms with Crippen molar-refractivity contribution in [2.24, 2.45) is 0 Å². The van der Waals surface area contributed by atoms with Crippen LogP contribution in [-0.2, 0) is 24.8 Å². The van der Waals surface area contributed by atoms with Crippen LogP contribution in [-0.4, -0.2) is 47.8 Å². The molecule has 0 bridgehead atoms. The maximum absolute atomic E-state index is 12.5. The highest BCUT2D eigenvalue weighted by molar-refractivity contribution is 7.93. The number of anilines is 3. The van der Waals surface area contributed by atoms with E-state index in [1.165, 1.54) is 6.42 Å². The Morgan fingerprint density at radius 2 is 1.58 bits per heavy atom. The van der Waals surface area contributed by atoms with Gasteiger partial charge in [-0.25, -0.2) is 16.8 Å². The Balaban J connectivity index is 1.59. The molecule has 2 aromatic carbocycles. The molecular formula is C22H30N4O5S2. The smallest absolute Gasteiger partial charge is 0.241 e. The monoisotopic (exact) mass is 494 g/mol. The number of nitrogens with zero attached hydrogens (tertiary/aromatic N) is 1. The van der Waals surface area contributed by atoms with Gasteiger partial charge < -0.3 is 10.2 Å². The van der Waals surface area contributed by atoms with Gasteiger partial charge in [0.15, 0.2) is 0 Å². The third-order valence-electron chi connectivity index (χ3n) is 5.28. The fourth-order valence-electron chi connectivity index (χ4n) is 3.81. The first-order valence-electron chi connectivity index (χ1n) is 10.7. The molecule has 1 saturated heterocycles. The van der Waals surface area contributed by atoms with Gasteiger partial charge in [0.1, 0.15) is 5.75 Å². The fraction of sp³-hybridized carbons (Fsp3) is 0.409. The Hall–Kier alpha value is -2.79. The van der Waals surface area contributed by atoms with Gasteiger partial charge >= 0.3 is 0 Å². The summed E-state index contributed by atoms with van der Waals surface area (Å²) in [5, 5.41) is 2.62. The summed E-state index contributed by atoms with van der Waals surface area (Å²) in [5.74, 6) is -1.46. The normalized spacial score (nSPS) is 15.5. The second kappa shape index (κ2) is 10.4. The van der Waals surface area contributed by atoms with E-state index < -0.39 is 37.7 Å². The average molecular weight is 495 g/mol. The number of piperidine rings is 1. The van der Waals surface area contributed by atoms with Crippen molar-refractivity contribution < 1.29 is 21.6 Å². The molecule has 0 radical (unpaired) electrons. The summed E-state index contributed by atoms with van der Waals surface area (Å²) in [7, 11) is -7.43. The zero-order valence-electron chi connectivity index (χ0n) is 18.7. The first kappa shape index (κ1) is 24.8. The molecule has 0 aliphatic carbocycles. The van der Waals surface area contributed by atoms with Gasteiger partial charge in [0, 0.05) is 24.5 Å². The minimum Gasteiger partial charge on any atom is -0.372 e. The lowest BCUT2D eigenvalue weighted by molar-refractivity contribution is -0.119. The quantitative estimate of drug-likeness (QED) is 0.492. The van der Waals surface area contributed by atoms with Crippen LogP contribution in [0.25, 0.3) is 0 Å². The lowest BCUT2D eigenvalue weighted by Gasteiger charge is -2.28. The van der Waals surface area contributed by atoms with Crippen molar-refractivity contribution in [2.45, 2.75) is 32.2 Å². The fourth-order valence-corrected chi connectivity index (χ4v) is 5.39. The molecule has 3 rings (SSSR count). The molecule has 1 aliphatic heterocycles. The standard InChI is InChI=1S/C22H30N4O5S2/c1-17(20-8-4-5-9-21(20)25-32(2,28)29)23-22(27)16-33(30,31)24-18-10-12-19(13-11-18)26-14-6-3-7-15-26/h4-5,8-13,17,24-25H,3,6-7,14-16H2,1-2H3,(H,23,27). The van der Waals surface area contributed by atoms with Crippen molar-refractivity contribution in [2.75, 3.05) is 39.4 Å². The highest BCUT2D eigenvalue weighted by Gasteiger charge is 2.21. The summed E-state index contributed by atoms with van der Waals surface area (Å²) in [6.45, 7) is 3.64. The van der Waals surface area contributed by atoms with E-state index in [1.807, 2.05) is 12.1 Å². The summed E-state index contributed by atoms with van der Waals surface area (Å²) in [6, 6.07) is 13.1. The molecule has 9 nitrogen and oxygen atoms in total. The van der Waals surface area contributed by atoms with E-state index >= 15 is 0 Å². The van der Waals surface area contributed by atoms with E-state index in [9.17, 15) is 21.6 Å². The predicted octanol–water partition coefficient (Wildman–Crippen LogP) is 2.67. The maximum Gasteiger partial charge on any atom is 0.241 e. The van der Waals surface area contributed by atoms with Crippen LogP contribution in [0.3, 0.4) is 0 Å². The van der Waals surface area contributed by atoms with Crippen LogP contribution in [0.2, 0.25) is 0 Å². The van der Waals surface area contributed by atoms with Crippen molar-refractivity contribution >= 4 is 43.0 Å². The number of hydrogen-bond donors (Lipinski definition) is 3. The molecule has 2 aromatic rings. The highest BCUT2D eigenvalue weighted by Crippen LogP contribution is 2.24. The predicted molar refractivity (Wildman–Crippen MR) is 131 cm³/mol. The maximum atomic E-state index is 12.5. The molecule has 0 spiro atoms. The summed E-state index contributed by atoms with van der Waals surface area (Å²) in [6.07, 6.45) is 4.56. The van der Waals surface area contributed by atoms with E-state index in [2.05, 4.69) is 19.7 Å². The number of carbonyl (C=O) groups is 1. The van der Waals surface area contributed by atoms with Crippen LogP contribution in [0.4, 0.5) is 17.1 Å². The summed E-state index contributed by atoms with van der Waals surface area (Å²) >= 11 is 0. The number of para-hydroxylation sites is 1. The van der Waals surface area contributed by atoms with Gasteiger partial charge in [0.05, 0.1) is 18.0 Å². The summed E-state index contributed by atoms with van der Waals surface area (Å²) in [4.78, 5) is 14.7. The van der Waals surface area contributed by atoms with Crippen molar-refractivity contribution in [3.8, 4) is 0 Å². The van der Waals surface area contributed by atoms with Crippen LogP contribution in [0, 0.1) is 0 Å². The van der Waals surface area contributed by atoms with Crippen molar-refractivity contribution in [3.63, 3.8) is 0 Å². The number of sulfonamides is 2. The Morgan fingerprint density at radius 3 is 2.21 bits per heavy atom. The van der Waals surface area contributed by atoms with Crippen LogP contribution in [0.5, 0.6) is 0 Å². The minimum atomic E-state index is -3.93. The molecule has 1 fully saturated rings. The Labute approximate surface area is 195 Å². The van der Waals surface area contributed by atoms with E-state index in [4.69, 9.17) is 0 Å². The molecule has 1 aliphatic rings. The number of amides is 1. The molecule has 1 unspecified atom stereocenters. The van der Waals surface area contributed by atoms with Crippen molar-refractivity contribution in [1.82, 2.24) is 5.32 Å². The number of benzene rings is 2. The van der Waals surface area contributed by atoms with Gasteiger partial charge in [-0.05, 0) is 62.1 Å². The van der Waals surface area contributed by atoms with E-state index in [0.717, 1.165) is 37.9 Å². The van der Waals surface area contributed by atoms with Crippen LogP contribution < -0.4 is 19.7 Å². The Morgan fingerprint density at radius 1 is 0.939 bits per heavy atom. The van der Waals surface area contributed by atoms with Gasteiger partial charge in [0.25, 0.3) is 0 Å². The zero-order chi connectivity index (χ0) is 24.1. The second-order valence-electron chi connectivity index (χ2n) is 8.21. The first-order chi connectivity index (χ1) is 15.5. The first-order valence-corrected chi connectivity index (χ1v) is 14.3. The summed E-state index contributed by atoms with van der Waals surface area (Å²) < 4.78 is 53.0. The molecule has 11 heteroatoms. The van der Waals surface area contributed by atoms with Gasteiger partial charge in [0.2, 0.25) is 26.0 Å². The molecule has 0 saturated carbocycles. The number of nitrogens with one attached hydrogen (secondary N) is 3. The third kappa shape index (κ3) is 7.64. The molecule has 180 valence electrons. The Kier molecular flexibility index (Phi) is 7.85. The Bertz CT molecular complexity index is 1180. The lowest BCUT2D eigenvalue weighted by Crippen LogP contribution is -2.34. The average Bonchev–Trinajstić information content (AvgIpc) is 2.73. The molecule has 0 aromatic heterocycles. The number of carbonyl (C=O) groups excluding carboxylic acids is 1. The highest BCUT2D eigenvalue weighted by atomic mass is 32.2. The number of hydrogen-bond acceptors (Lipinski definition) is 6. The van der Waals surface area contributed by atoms with Crippen LogP contribution >= 0.6 is 0 Å². The van der Waals surface area contributed by atoms with Crippen LogP contribution in [0.1, 0.15) is 37.8 Å². The van der Waals surface area contributed by atoms with E-state index in [-0.39, 0.29) is 0 Å². The van der Waals surface area contributed by atoms with Gasteiger partial charge in [-0.2, -0.15) is 0 Å². The molecule has 1 heterocycles. The number of rotatable bonds is 9. The minimum absolute atomic E-state index is 0.322. The zero-order valence-corrected chi connectivity index (χ0v) is 20.4. The topological polar surface area (TPSA) is 125 Å². The lowest BCUT2D eigenvalue weighted by atomic mass is 10.1. The van der Waals surface area contributed by atoms with Gasteiger partial charge in [-0.15, -0.1) is 0 Å². The summed E-state index contributed by atoms with van der Waals surface area (Å²) in [5.41, 5.74) is 2.28. The third-order valence-corrected chi connectivity index (χ3v) is 7.06. The SMILES string of the molecule is CC(NC(=O)CS(=O)(=O)Nc1ccc(N2CCCCC2)cc1)c1ccccc1NS(C)(=O)=O. The van der Waals surface area contributed by atoms with Crippen molar-refractivity contribution in [3.05, 3.63) is 54.1 Å². The largest absolute Gasteiger partial charge is 0.372 e. The van der Waals surface area contributed by atoms with E-state index in [0.29, 0.717) is 16.9 Å². The molecule has 1 amide bonds. The molecule has 33 heavy (non-hydrogen) atoms. The molecule has 3 N–H and O–H groups in total. The molecular weight excluding hydrogens is 464 g/mol. The van der Waals surface area contributed by atoms with E-state index in [1.54, 1.807) is 43.3 Å². The van der Waals surface area contributed by atoms with Gasteiger partial charge in [-0.1, -0.05) is 18.2 Å². The second-order valence-corrected chi connectivity index (χ2v) is 11.7. The van der Waals surface area contributed by atoms with Crippen LogP contribution in [0.15, 0.2) is 48.5 Å². The van der Waals surface area contributed by atoms with Gasteiger partial charge in [-0.3, -0.25) is 14.2 Å².